The Labute approximate surface area is 176 Å². The number of carbonyl (C=O) groups excluding carboxylic acids is 2. The van der Waals surface area contributed by atoms with Gasteiger partial charge < -0.3 is 20.1 Å². The molecule has 0 unspecified atom stereocenters. The fraction of sp³-hybridized carbons (Fsp3) is 0.348. The summed E-state index contributed by atoms with van der Waals surface area (Å²) in [7, 11) is 0. The van der Waals surface area contributed by atoms with Crippen LogP contribution < -0.4 is 15.4 Å². The first-order valence-corrected chi connectivity index (χ1v) is 10.0. The molecule has 1 fully saturated rings. The van der Waals surface area contributed by atoms with Gasteiger partial charge in [0, 0.05) is 11.4 Å². The lowest BCUT2D eigenvalue weighted by atomic mass is 9.83. The van der Waals surface area contributed by atoms with Crippen molar-refractivity contribution in [2.75, 3.05) is 18.5 Å². The fourth-order valence-electron chi connectivity index (χ4n) is 3.38. The Morgan fingerprint density at radius 3 is 2.27 bits per heavy atom. The zero-order chi connectivity index (χ0) is 21.2. The molecule has 1 aliphatic carbocycles. The van der Waals surface area contributed by atoms with Gasteiger partial charge in [-0.05, 0) is 49.2 Å². The molecule has 0 atom stereocenters. The van der Waals surface area contributed by atoms with Crippen molar-refractivity contribution in [3.8, 4) is 11.8 Å². The number of hydrogen-bond acceptors (Lipinski definition) is 6. The number of amides is 1. The van der Waals surface area contributed by atoms with Crippen LogP contribution in [0.3, 0.4) is 0 Å². The van der Waals surface area contributed by atoms with E-state index in [4.69, 9.17) is 9.47 Å². The molecule has 2 N–H and O–H groups in total. The normalized spacial score (nSPS) is 14.8. The smallest absolute Gasteiger partial charge is 0.344 e. The van der Waals surface area contributed by atoms with E-state index < -0.39 is 24.0 Å². The zero-order valence-electron chi connectivity index (χ0n) is 16.7. The first-order valence-electron chi connectivity index (χ1n) is 10.0. The van der Waals surface area contributed by atoms with Crippen molar-refractivity contribution in [1.29, 1.82) is 5.26 Å². The fourth-order valence-corrected chi connectivity index (χ4v) is 3.38. The van der Waals surface area contributed by atoms with Gasteiger partial charge in [-0.1, -0.05) is 37.5 Å². The number of benzene rings is 2. The van der Waals surface area contributed by atoms with E-state index in [1.54, 1.807) is 12.1 Å². The van der Waals surface area contributed by atoms with Gasteiger partial charge in [0.05, 0.1) is 6.07 Å². The average Bonchev–Trinajstić information content (AvgIpc) is 2.78. The molecule has 2 aromatic carbocycles. The van der Waals surface area contributed by atoms with E-state index in [0.29, 0.717) is 18.6 Å². The number of rotatable bonds is 8. The van der Waals surface area contributed by atoms with E-state index in [2.05, 4.69) is 16.7 Å². The molecular formula is C23H25N3O4. The van der Waals surface area contributed by atoms with E-state index in [9.17, 15) is 14.9 Å². The molecule has 0 radical (unpaired) electrons. The van der Waals surface area contributed by atoms with Crippen LogP contribution in [0, 0.1) is 11.3 Å². The summed E-state index contributed by atoms with van der Waals surface area (Å²) in [5.74, 6) is -0.602. The highest BCUT2D eigenvalue weighted by Crippen LogP contribution is 2.27. The van der Waals surface area contributed by atoms with Gasteiger partial charge in [0.25, 0.3) is 5.91 Å². The molecule has 0 spiro atoms. The summed E-state index contributed by atoms with van der Waals surface area (Å²) in [5.41, 5.74) is 1.02. The lowest BCUT2D eigenvalue weighted by Crippen LogP contribution is -2.50. The van der Waals surface area contributed by atoms with Crippen LogP contribution in [0.4, 0.5) is 11.4 Å². The second kappa shape index (κ2) is 10.3. The van der Waals surface area contributed by atoms with Crippen molar-refractivity contribution in [3.05, 3.63) is 54.6 Å². The number of para-hydroxylation sites is 1. The van der Waals surface area contributed by atoms with E-state index in [0.717, 1.165) is 30.6 Å². The van der Waals surface area contributed by atoms with Gasteiger partial charge in [-0.2, -0.15) is 5.26 Å². The van der Waals surface area contributed by atoms with Crippen LogP contribution in [0.5, 0.6) is 5.75 Å². The second-order valence-corrected chi connectivity index (χ2v) is 7.27. The number of ether oxygens (including phenoxy) is 2. The Kier molecular flexibility index (Phi) is 7.28. The van der Waals surface area contributed by atoms with Crippen LogP contribution in [-0.2, 0) is 14.3 Å². The second-order valence-electron chi connectivity index (χ2n) is 7.27. The zero-order valence-corrected chi connectivity index (χ0v) is 16.7. The maximum Gasteiger partial charge on any atom is 0.344 e. The highest BCUT2D eigenvalue weighted by atomic mass is 16.6. The Morgan fingerprint density at radius 2 is 1.60 bits per heavy atom. The van der Waals surface area contributed by atoms with Gasteiger partial charge in [-0.25, -0.2) is 4.79 Å². The molecule has 1 amide bonds. The Morgan fingerprint density at radius 1 is 0.933 bits per heavy atom. The summed E-state index contributed by atoms with van der Waals surface area (Å²) in [6.07, 6.45) is 4.13. The van der Waals surface area contributed by atoms with Crippen LogP contribution in [0.25, 0.3) is 0 Å². The molecule has 1 aliphatic rings. The summed E-state index contributed by atoms with van der Waals surface area (Å²) in [6, 6.07) is 19.1. The summed E-state index contributed by atoms with van der Waals surface area (Å²) in [5, 5.41) is 15.4. The molecule has 0 saturated heterocycles. The molecule has 3 rings (SSSR count). The summed E-state index contributed by atoms with van der Waals surface area (Å²) >= 11 is 0. The molecule has 0 bridgehead atoms. The molecule has 30 heavy (non-hydrogen) atoms. The van der Waals surface area contributed by atoms with E-state index >= 15 is 0 Å². The molecule has 156 valence electrons. The van der Waals surface area contributed by atoms with Crippen molar-refractivity contribution in [3.63, 3.8) is 0 Å². The molecule has 2 aromatic rings. The van der Waals surface area contributed by atoms with Gasteiger partial charge in [0.1, 0.15) is 11.3 Å². The largest absolute Gasteiger partial charge is 0.482 e. The minimum Gasteiger partial charge on any atom is -0.482 e. The van der Waals surface area contributed by atoms with Crippen molar-refractivity contribution in [2.24, 2.45) is 0 Å². The average molecular weight is 407 g/mol. The van der Waals surface area contributed by atoms with E-state index in [1.165, 1.54) is 0 Å². The summed E-state index contributed by atoms with van der Waals surface area (Å²) in [6.45, 7) is -0.728. The molecule has 1 saturated carbocycles. The Balaban J connectivity index is 1.39. The molecule has 0 heterocycles. The van der Waals surface area contributed by atoms with Crippen molar-refractivity contribution >= 4 is 23.3 Å². The highest BCUT2D eigenvalue weighted by Gasteiger charge is 2.33. The maximum absolute atomic E-state index is 12.1. The van der Waals surface area contributed by atoms with Crippen molar-refractivity contribution < 1.29 is 19.1 Å². The van der Waals surface area contributed by atoms with Gasteiger partial charge in [0.2, 0.25) is 0 Å². The minimum absolute atomic E-state index is 0.303. The number of nitriles is 1. The number of hydrogen-bond donors (Lipinski definition) is 2. The number of nitrogens with one attached hydrogen (secondary N) is 2. The van der Waals surface area contributed by atoms with Gasteiger partial charge in [0.15, 0.2) is 13.2 Å². The van der Waals surface area contributed by atoms with Crippen LogP contribution in [0.15, 0.2) is 54.6 Å². The van der Waals surface area contributed by atoms with Crippen LogP contribution in [-0.4, -0.2) is 30.6 Å². The van der Waals surface area contributed by atoms with Crippen LogP contribution in [0.2, 0.25) is 0 Å². The third-order valence-corrected chi connectivity index (χ3v) is 4.94. The van der Waals surface area contributed by atoms with Crippen LogP contribution in [0.1, 0.15) is 32.1 Å². The quantitative estimate of drug-likeness (QED) is 0.647. The standard InChI is InChI=1S/C23H25N3O4/c24-17-23(13-5-2-6-14-23)26-21(27)15-30-22(28)16-29-20-11-9-19(10-12-20)25-18-7-3-1-4-8-18/h1,3-4,7-12,25H,2,5-6,13-16H2,(H,26,27). The lowest BCUT2D eigenvalue weighted by molar-refractivity contribution is -0.150. The van der Waals surface area contributed by atoms with E-state index in [1.807, 2.05) is 42.5 Å². The Bertz CT molecular complexity index is 885. The Hall–Kier alpha value is -3.53. The third-order valence-electron chi connectivity index (χ3n) is 4.94. The summed E-state index contributed by atoms with van der Waals surface area (Å²) < 4.78 is 10.4. The highest BCUT2D eigenvalue weighted by molar-refractivity contribution is 5.81. The molecule has 7 nitrogen and oxygen atoms in total. The van der Waals surface area contributed by atoms with E-state index in [-0.39, 0.29) is 6.61 Å². The number of nitrogens with zero attached hydrogens (tertiary/aromatic N) is 1. The maximum atomic E-state index is 12.1. The number of anilines is 2. The monoisotopic (exact) mass is 407 g/mol. The van der Waals surface area contributed by atoms with Crippen LogP contribution >= 0.6 is 0 Å². The van der Waals surface area contributed by atoms with Gasteiger partial charge >= 0.3 is 5.97 Å². The molecule has 7 heteroatoms. The predicted octanol–water partition coefficient (Wildman–Crippen LogP) is 3.69. The molecular weight excluding hydrogens is 382 g/mol. The minimum atomic E-state index is -0.840. The van der Waals surface area contributed by atoms with Gasteiger partial charge in [-0.3, -0.25) is 4.79 Å². The molecule has 0 aliphatic heterocycles. The number of carbonyl (C=O) groups is 2. The first-order chi connectivity index (χ1) is 14.6. The molecule has 0 aromatic heterocycles. The van der Waals surface area contributed by atoms with Crippen molar-refractivity contribution in [1.82, 2.24) is 5.32 Å². The first kappa shape index (κ1) is 21.2. The van der Waals surface area contributed by atoms with Crippen molar-refractivity contribution in [2.45, 2.75) is 37.6 Å². The SMILES string of the molecule is N#CC1(NC(=O)COC(=O)COc2ccc(Nc3ccccc3)cc2)CCCCC1. The predicted molar refractivity (Wildman–Crippen MR) is 112 cm³/mol. The lowest BCUT2D eigenvalue weighted by Gasteiger charge is -2.31. The van der Waals surface area contributed by atoms with Gasteiger partial charge in [-0.15, -0.1) is 0 Å². The summed E-state index contributed by atoms with van der Waals surface area (Å²) in [4.78, 5) is 23.9. The number of esters is 1. The third kappa shape index (κ3) is 6.24. The topological polar surface area (TPSA) is 100 Å².